The van der Waals surface area contributed by atoms with Crippen molar-refractivity contribution in [2.24, 2.45) is 4.99 Å². The van der Waals surface area contributed by atoms with Gasteiger partial charge in [-0.05, 0) is 71.3 Å². The van der Waals surface area contributed by atoms with Crippen LogP contribution in [-0.2, 0) is 5.60 Å². The summed E-state index contributed by atoms with van der Waals surface area (Å²) in [7, 11) is 1.66. The number of hydrogen-bond donors (Lipinski definition) is 2. The first kappa shape index (κ1) is 21.7. The minimum atomic E-state index is -1.11. The molecule has 0 heterocycles. The van der Waals surface area contributed by atoms with Crippen LogP contribution in [0.4, 0.5) is 17.1 Å². The second kappa shape index (κ2) is 9.38. The molecule has 2 N–H and O–H groups in total. The number of ether oxygens (including phenoxy) is 1. The van der Waals surface area contributed by atoms with Crippen LogP contribution in [0.15, 0.2) is 120 Å². The number of anilines is 2. The third-order valence-electron chi connectivity index (χ3n) is 6.05. The molecule has 0 saturated heterocycles. The molecule has 4 aromatic rings. The molecule has 1 aliphatic carbocycles. The van der Waals surface area contributed by atoms with E-state index in [0.29, 0.717) is 6.42 Å². The molecule has 4 heteroatoms. The van der Waals surface area contributed by atoms with Crippen molar-refractivity contribution in [3.8, 4) is 5.75 Å². The summed E-state index contributed by atoms with van der Waals surface area (Å²) in [6, 6.07) is 35.6. The van der Waals surface area contributed by atoms with E-state index in [-0.39, 0.29) is 0 Å². The molecule has 0 aromatic heterocycles. The van der Waals surface area contributed by atoms with Gasteiger partial charge in [0.15, 0.2) is 0 Å². The quantitative estimate of drug-likeness (QED) is 0.339. The Morgan fingerprint density at radius 2 is 1.35 bits per heavy atom. The summed E-state index contributed by atoms with van der Waals surface area (Å²) >= 11 is 0. The summed E-state index contributed by atoms with van der Waals surface area (Å²) in [5.74, 6) is 0.826. The number of benzene rings is 4. The highest BCUT2D eigenvalue weighted by Gasteiger charge is 2.40. The Labute approximate surface area is 199 Å². The van der Waals surface area contributed by atoms with Crippen LogP contribution < -0.4 is 10.1 Å². The SMILES string of the molecule is COc1ccc(Nc2ccc(N=C3C=C(c4ccccc4)[C@](O)(c4ccccc4)C3)cc2)cc1. The molecule has 0 amide bonds. The average Bonchev–Trinajstić information content (AvgIpc) is 3.24. The van der Waals surface area contributed by atoms with E-state index in [4.69, 9.17) is 9.73 Å². The first-order chi connectivity index (χ1) is 16.6. The Balaban J connectivity index is 1.41. The van der Waals surface area contributed by atoms with Crippen LogP contribution >= 0.6 is 0 Å². The van der Waals surface area contributed by atoms with Gasteiger partial charge < -0.3 is 15.2 Å². The minimum absolute atomic E-state index is 0.424. The Morgan fingerprint density at radius 3 is 1.97 bits per heavy atom. The van der Waals surface area contributed by atoms with Crippen LogP contribution in [0.5, 0.6) is 5.75 Å². The summed E-state index contributed by atoms with van der Waals surface area (Å²) in [6.07, 6.45) is 2.44. The Kier molecular flexibility index (Phi) is 5.98. The fourth-order valence-electron chi connectivity index (χ4n) is 4.30. The number of allylic oxidation sites excluding steroid dienone is 1. The van der Waals surface area contributed by atoms with Crippen LogP contribution in [0.2, 0.25) is 0 Å². The molecule has 1 aliphatic rings. The van der Waals surface area contributed by atoms with Gasteiger partial charge in [-0.2, -0.15) is 0 Å². The molecule has 0 fully saturated rings. The molecular formula is C30H26N2O2. The maximum atomic E-state index is 11.8. The number of aliphatic imine (C=N–C) groups is 1. The summed E-state index contributed by atoms with van der Waals surface area (Å²) in [4.78, 5) is 4.86. The van der Waals surface area contributed by atoms with Crippen molar-refractivity contribution in [2.75, 3.05) is 12.4 Å². The largest absolute Gasteiger partial charge is 0.497 e. The van der Waals surface area contributed by atoms with Crippen molar-refractivity contribution in [3.63, 3.8) is 0 Å². The lowest BCUT2D eigenvalue weighted by Crippen LogP contribution is -2.25. The molecule has 0 spiro atoms. The highest BCUT2D eigenvalue weighted by Crippen LogP contribution is 2.44. The molecule has 0 aliphatic heterocycles. The predicted octanol–water partition coefficient (Wildman–Crippen LogP) is 6.89. The number of rotatable bonds is 6. The van der Waals surface area contributed by atoms with Gasteiger partial charge in [-0.1, -0.05) is 60.7 Å². The monoisotopic (exact) mass is 446 g/mol. The number of aliphatic hydroxyl groups is 1. The third kappa shape index (κ3) is 4.49. The van der Waals surface area contributed by atoms with Crippen molar-refractivity contribution in [1.29, 1.82) is 0 Å². The summed E-state index contributed by atoms with van der Waals surface area (Å²) < 4.78 is 5.21. The number of nitrogens with zero attached hydrogens (tertiary/aromatic N) is 1. The van der Waals surface area contributed by atoms with Gasteiger partial charge >= 0.3 is 0 Å². The van der Waals surface area contributed by atoms with E-state index < -0.39 is 5.60 Å². The van der Waals surface area contributed by atoms with Crippen LogP contribution in [0.3, 0.4) is 0 Å². The van der Waals surface area contributed by atoms with Gasteiger partial charge in [-0.3, -0.25) is 4.99 Å². The lowest BCUT2D eigenvalue weighted by molar-refractivity contribution is 0.113. The van der Waals surface area contributed by atoms with Gasteiger partial charge in [0.25, 0.3) is 0 Å². The molecule has 4 nitrogen and oxygen atoms in total. The average molecular weight is 447 g/mol. The van der Waals surface area contributed by atoms with Crippen molar-refractivity contribution >= 4 is 28.3 Å². The zero-order chi connectivity index (χ0) is 23.4. The topological polar surface area (TPSA) is 53.8 Å². The molecule has 0 radical (unpaired) electrons. The maximum Gasteiger partial charge on any atom is 0.121 e. The molecule has 168 valence electrons. The van der Waals surface area contributed by atoms with Gasteiger partial charge in [-0.15, -0.1) is 0 Å². The summed E-state index contributed by atoms with van der Waals surface area (Å²) in [5.41, 5.74) is 5.28. The van der Waals surface area contributed by atoms with Crippen molar-refractivity contribution in [1.82, 2.24) is 0 Å². The second-order valence-electron chi connectivity index (χ2n) is 8.33. The number of methoxy groups -OCH3 is 1. The Hall–Kier alpha value is -4.15. The minimum Gasteiger partial charge on any atom is -0.497 e. The first-order valence-corrected chi connectivity index (χ1v) is 11.3. The van der Waals surface area contributed by atoms with E-state index in [9.17, 15) is 5.11 Å². The molecule has 1 atom stereocenters. The van der Waals surface area contributed by atoms with Crippen molar-refractivity contribution in [2.45, 2.75) is 12.0 Å². The normalized spacial score (nSPS) is 18.5. The maximum absolute atomic E-state index is 11.8. The van der Waals surface area contributed by atoms with Gasteiger partial charge in [0.05, 0.1) is 12.8 Å². The van der Waals surface area contributed by atoms with Crippen LogP contribution in [0, 0.1) is 0 Å². The summed E-state index contributed by atoms with van der Waals surface area (Å²) in [6.45, 7) is 0. The fraction of sp³-hybridized carbons (Fsp3) is 0.100. The smallest absolute Gasteiger partial charge is 0.121 e. The lowest BCUT2D eigenvalue weighted by Gasteiger charge is -2.27. The zero-order valence-corrected chi connectivity index (χ0v) is 19.0. The van der Waals surface area contributed by atoms with E-state index in [1.165, 1.54) is 0 Å². The van der Waals surface area contributed by atoms with Gasteiger partial charge in [0, 0.05) is 23.5 Å². The molecule has 5 rings (SSSR count). The molecule has 0 saturated carbocycles. The molecule has 4 aromatic carbocycles. The summed E-state index contributed by atoms with van der Waals surface area (Å²) in [5, 5.41) is 15.2. The van der Waals surface area contributed by atoms with Crippen LogP contribution in [-0.4, -0.2) is 17.9 Å². The number of hydrogen-bond acceptors (Lipinski definition) is 4. The van der Waals surface area contributed by atoms with Crippen molar-refractivity contribution < 1.29 is 9.84 Å². The molecule has 0 unspecified atom stereocenters. The van der Waals surface area contributed by atoms with E-state index >= 15 is 0 Å². The highest BCUT2D eigenvalue weighted by atomic mass is 16.5. The van der Waals surface area contributed by atoms with Gasteiger partial charge in [-0.25, -0.2) is 0 Å². The van der Waals surface area contributed by atoms with E-state index in [2.05, 4.69) is 5.32 Å². The van der Waals surface area contributed by atoms with E-state index in [1.807, 2.05) is 115 Å². The van der Waals surface area contributed by atoms with Gasteiger partial charge in [0.1, 0.15) is 11.4 Å². The standard InChI is InChI=1S/C30H26N2O2/c1-34-28-18-16-26(17-19-28)31-24-12-14-25(15-13-24)32-27-20-29(22-8-4-2-5-9-22)30(33,21-27)23-10-6-3-7-11-23/h2-20,31,33H,21H2,1H3/t30-/m1/s1. The molecule has 0 bridgehead atoms. The Bertz CT molecular complexity index is 1310. The molecular weight excluding hydrogens is 420 g/mol. The van der Waals surface area contributed by atoms with Crippen LogP contribution in [0.25, 0.3) is 5.57 Å². The fourth-order valence-corrected chi connectivity index (χ4v) is 4.30. The highest BCUT2D eigenvalue weighted by molar-refractivity contribution is 6.09. The first-order valence-electron chi connectivity index (χ1n) is 11.3. The van der Waals surface area contributed by atoms with Gasteiger partial charge in [0.2, 0.25) is 0 Å². The van der Waals surface area contributed by atoms with Crippen LogP contribution in [0.1, 0.15) is 17.5 Å². The zero-order valence-electron chi connectivity index (χ0n) is 19.0. The van der Waals surface area contributed by atoms with E-state index in [0.717, 1.165) is 45.2 Å². The third-order valence-corrected chi connectivity index (χ3v) is 6.05. The van der Waals surface area contributed by atoms with E-state index in [1.54, 1.807) is 7.11 Å². The number of nitrogens with one attached hydrogen (secondary N) is 1. The predicted molar refractivity (Wildman–Crippen MR) is 139 cm³/mol. The molecule has 34 heavy (non-hydrogen) atoms. The lowest BCUT2D eigenvalue weighted by atomic mass is 9.84. The second-order valence-corrected chi connectivity index (χ2v) is 8.33. The Morgan fingerprint density at radius 1 is 0.765 bits per heavy atom. The van der Waals surface area contributed by atoms with Crippen molar-refractivity contribution in [3.05, 3.63) is 126 Å².